The molecule has 0 unspecified atom stereocenters. The lowest BCUT2D eigenvalue weighted by Gasteiger charge is -2.36. The Morgan fingerprint density at radius 3 is 2.48 bits per heavy atom. The van der Waals surface area contributed by atoms with Gasteiger partial charge >= 0.3 is 0 Å². The first-order chi connectivity index (χ1) is 9.77. The molecular weight excluding hydrogens is 354 g/mol. The molecule has 0 heterocycles. The number of hydrogen-bond donors (Lipinski definition) is 2. The van der Waals surface area contributed by atoms with Crippen LogP contribution in [0.5, 0.6) is 0 Å². The van der Waals surface area contributed by atoms with Crippen LogP contribution in [0.3, 0.4) is 0 Å². The second-order valence-electron chi connectivity index (χ2n) is 5.83. The lowest BCUT2D eigenvalue weighted by molar-refractivity contribution is 0.162. The molecule has 2 rings (SSSR count). The van der Waals surface area contributed by atoms with E-state index in [-0.39, 0.29) is 10.4 Å². The van der Waals surface area contributed by atoms with Crippen molar-refractivity contribution in [2.75, 3.05) is 26.4 Å². The molecular formula is C14H22BrN3O2S. The number of hydrogen-bond acceptors (Lipinski definition) is 4. The molecule has 3 N–H and O–H groups in total. The first-order valence-corrected chi connectivity index (χ1v) is 9.27. The van der Waals surface area contributed by atoms with Crippen LogP contribution in [-0.4, -0.2) is 39.5 Å². The van der Waals surface area contributed by atoms with Crippen molar-refractivity contribution >= 4 is 31.6 Å². The Morgan fingerprint density at radius 1 is 1.33 bits per heavy atom. The largest absolute Gasteiger partial charge is 0.398 e. The van der Waals surface area contributed by atoms with Gasteiger partial charge in [0.1, 0.15) is 0 Å². The zero-order valence-electron chi connectivity index (χ0n) is 12.4. The minimum Gasteiger partial charge on any atom is -0.398 e. The summed E-state index contributed by atoms with van der Waals surface area (Å²) in [5, 5.41) is 0. The number of nitrogens with zero attached hydrogens (tertiary/aromatic N) is 1. The highest BCUT2D eigenvalue weighted by Crippen LogP contribution is 2.33. The van der Waals surface area contributed by atoms with E-state index >= 15 is 0 Å². The fourth-order valence-corrected chi connectivity index (χ4v) is 4.48. The van der Waals surface area contributed by atoms with Gasteiger partial charge in [-0.2, -0.15) is 0 Å². The standard InChI is InChI=1S/C14H22BrN3O2S/c1-18(2)14(7-3-4-8-14)10-17-21(19,20)11-5-6-13(16)12(15)9-11/h5-6,9,17H,3-4,7-8,10,16H2,1-2H3. The number of likely N-dealkylation sites (N-methyl/N-ethyl adjacent to an activating group) is 1. The maximum Gasteiger partial charge on any atom is 0.240 e. The summed E-state index contributed by atoms with van der Waals surface area (Å²) in [6, 6.07) is 4.66. The van der Waals surface area contributed by atoms with Crippen LogP contribution < -0.4 is 10.5 Å². The number of benzene rings is 1. The number of rotatable bonds is 5. The van der Waals surface area contributed by atoms with Crippen molar-refractivity contribution in [3.05, 3.63) is 22.7 Å². The second-order valence-corrected chi connectivity index (χ2v) is 8.46. The fraction of sp³-hybridized carbons (Fsp3) is 0.571. The summed E-state index contributed by atoms with van der Waals surface area (Å²) in [5.74, 6) is 0. The van der Waals surface area contributed by atoms with E-state index < -0.39 is 10.0 Å². The Bertz CT molecular complexity index is 611. The Balaban J connectivity index is 2.15. The summed E-state index contributed by atoms with van der Waals surface area (Å²) in [7, 11) is 0.506. The summed E-state index contributed by atoms with van der Waals surface area (Å²) in [6.07, 6.45) is 4.34. The van der Waals surface area contributed by atoms with Crippen LogP contribution >= 0.6 is 15.9 Å². The van der Waals surface area contributed by atoms with Gasteiger partial charge in [-0.25, -0.2) is 13.1 Å². The van der Waals surface area contributed by atoms with Crippen molar-refractivity contribution < 1.29 is 8.42 Å². The van der Waals surface area contributed by atoms with Crippen molar-refractivity contribution in [1.82, 2.24) is 9.62 Å². The van der Waals surface area contributed by atoms with E-state index in [1.54, 1.807) is 6.07 Å². The molecule has 1 aromatic carbocycles. The maximum atomic E-state index is 12.4. The molecule has 21 heavy (non-hydrogen) atoms. The topological polar surface area (TPSA) is 75.4 Å². The molecule has 1 saturated carbocycles. The van der Waals surface area contributed by atoms with Gasteiger partial charge in [0.05, 0.1) is 4.90 Å². The van der Waals surface area contributed by atoms with Gasteiger partial charge in [-0.3, -0.25) is 0 Å². The van der Waals surface area contributed by atoms with E-state index in [9.17, 15) is 8.42 Å². The number of nitrogens with two attached hydrogens (primary N) is 1. The third kappa shape index (κ3) is 3.59. The molecule has 7 heteroatoms. The zero-order chi connectivity index (χ0) is 15.7. The molecule has 1 fully saturated rings. The van der Waals surface area contributed by atoms with E-state index in [2.05, 4.69) is 25.6 Å². The predicted molar refractivity (Wildman–Crippen MR) is 88.6 cm³/mol. The quantitative estimate of drug-likeness (QED) is 0.773. The monoisotopic (exact) mass is 375 g/mol. The normalized spacial score (nSPS) is 18.3. The van der Waals surface area contributed by atoms with Gasteiger partial charge in [-0.1, -0.05) is 12.8 Å². The SMILES string of the molecule is CN(C)C1(CNS(=O)(=O)c2ccc(N)c(Br)c2)CCCC1. The number of nitrogen functional groups attached to an aromatic ring is 1. The molecule has 0 amide bonds. The summed E-state index contributed by atoms with van der Waals surface area (Å²) in [6.45, 7) is 0.435. The predicted octanol–water partition coefficient (Wildman–Crippen LogP) is 2.18. The Labute approximate surface area is 135 Å². The number of nitrogens with one attached hydrogen (secondary N) is 1. The average molecular weight is 376 g/mol. The highest BCUT2D eigenvalue weighted by Gasteiger charge is 2.37. The molecule has 0 aromatic heterocycles. The molecule has 0 atom stereocenters. The van der Waals surface area contributed by atoms with E-state index in [4.69, 9.17) is 5.73 Å². The van der Waals surface area contributed by atoms with E-state index in [0.29, 0.717) is 16.7 Å². The molecule has 118 valence electrons. The zero-order valence-corrected chi connectivity index (χ0v) is 14.8. The molecule has 1 aliphatic carbocycles. The van der Waals surface area contributed by atoms with Crippen LogP contribution in [0.1, 0.15) is 25.7 Å². The number of anilines is 1. The fourth-order valence-electron chi connectivity index (χ4n) is 2.80. The van der Waals surface area contributed by atoms with Gasteiger partial charge in [-0.15, -0.1) is 0 Å². The van der Waals surface area contributed by atoms with Crippen molar-refractivity contribution in [1.29, 1.82) is 0 Å². The smallest absolute Gasteiger partial charge is 0.240 e. The molecule has 1 aromatic rings. The summed E-state index contributed by atoms with van der Waals surface area (Å²) < 4.78 is 28.2. The molecule has 5 nitrogen and oxygen atoms in total. The van der Waals surface area contributed by atoms with Gasteiger partial charge in [0.25, 0.3) is 0 Å². The van der Waals surface area contributed by atoms with Crippen molar-refractivity contribution in [2.24, 2.45) is 0 Å². The Hall–Kier alpha value is -0.630. The van der Waals surface area contributed by atoms with Gasteiger partial charge in [-0.05, 0) is 61.1 Å². The lowest BCUT2D eigenvalue weighted by atomic mass is 9.97. The van der Waals surface area contributed by atoms with Crippen LogP contribution in [-0.2, 0) is 10.0 Å². The van der Waals surface area contributed by atoms with Crippen molar-refractivity contribution in [3.8, 4) is 0 Å². The molecule has 0 aliphatic heterocycles. The minimum atomic E-state index is -3.52. The van der Waals surface area contributed by atoms with Crippen molar-refractivity contribution in [3.63, 3.8) is 0 Å². The molecule has 0 saturated heterocycles. The molecule has 0 spiro atoms. The third-order valence-electron chi connectivity index (χ3n) is 4.36. The number of halogens is 1. The highest BCUT2D eigenvalue weighted by molar-refractivity contribution is 9.10. The minimum absolute atomic E-state index is 0.0713. The Kier molecular flexibility index (Phi) is 4.97. The molecule has 0 radical (unpaired) electrons. The third-order valence-corrected chi connectivity index (χ3v) is 6.44. The van der Waals surface area contributed by atoms with Crippen LogP contribution in [0.4, 0.5) is 5.69 Å². The van der Waals surface area contributed by atoms with E-state index in [0.717, 1.165) is 25.7 Å². The van der Waals surface area contributed by atoms with Gasteiger partial charge in [0.2, 0.25) is 10.0 Å². The van der Waals surface area contributed by atoms with E-state index in [1.165, 1.54) is 12.1 Å². The van der Waals surface area contributed by atoms with Crippen molar-refractivity contribution in [2.45, 2.75) is 36.1 Å². The maximum absolute atomic E-state index is 12.4. The summed E-state index contributed by atoms with van der Waals surface area (Å²) in [5.41, 5.74) is 6.15. The first kappa shape index (κ1) is 16.7. The van der Waals surface area contributed by atoms with Crippen LogP contribution in [0.25, 0.3) is 0 Å². The Morgan fingerprint density at radius 2 is 1.95 bits per heavy atom. The second kappa shape index (κ2) is 6.24. The van der Waals surface area contributed by atoms with E-state index in [1.807, 2.05) is 14.1 Å². The highest BCUT2D eigenvalue weighted by atomic mass is 79.9. The average Bonchev–Trinajstić information content (AvgIpc) is 2.90. The van der Waals surface area contributed by atoms with Crippen LogP contribution in [0.2, 0.25) is 0 Å². The van der Waals surface area contributed by atoms with Crippen LogP contribution in [0.15, 0.2) is 27.6 Å². The number of sulfonamides is 1. The van der Waals surface area contributed by atoms with Gasteiger partial charge in [0.15, 0.2) is 0 Å². The first-order valence-electron chi connectivity index (χ1n) is 6.99. The molecule has 0 bridgehead atoms. The summed E-state index contributed by atoms with van der Waals surface area (Å²) in [4.78, 5) is 2.37. The van der Waals surface area contributed by atoms with Gasteiger partial charge < -0.3 is 10.6 Å². The van der Waals surface area contributed by atoms with Gasteiger partial charge in [0, 0.05) is 22.2 Å². The molecule has 1 aliphatic rings. The van der Waals surface area contributed by atoms with Crippen LogP contribution in [0, 0.1) is 0 Å². The lowest BCUT2D eigenvalue weighted by Crippen LogP contribution is -2.50. The summed E-state index contributed by atoms with van der Waals surface area (Å²) >= 11 is 3.26.